The highest BCUT2D eigenvalue weighted by Crippen LogP contribution is 2.19. The third-order valence-corrected chi connectivity index (χ3v) is 2.13. The van der Waals surface area contributed by atoms with Crippen molar-refractivity contribution in [2.75, 3.05) is 0 Å². The molecule has 0 fully saturated rings. The van der Waals surface area contributed by atoms with Gasteiger partial charge in [0.1, 0.15) is 11.5 Å². The van der Waals surface area contributed by atoms with Crippen LogP contribution in [0.4, 0.5) is 0 Å². The lowest BCUT2D eigenvalue weighted by Gasteiger charge is -1.99. The normalized spacial score (nSPS) is 10.7. The largest absolute Gasteiger partial charge is 0.508 e. The van der Waals surface area contributed by atoms with Crippen molar-refractivity contribution in [1.82, 2.24) is 5.43 Å². The first-order valence-electron chi connectivity index (χ1n) is 5.06. The molecule has 1 aromatic carbocycles. The van der Waals surface area contributed by atoms with Gasteiger partial charge in [-0.2, -0.15) is 5.10 Å². The molecule has 2 rings (SSSR count). The first kappa shape index (κ1) is 11.7. The quantitative estimate of drug-likeness (QED) is 0.434. The summed E-state index contributed by atoms with van der Waals surface area (Å²) in [4.78, 5) is 11.4. The molecule has 1 amide bonds. The highest BCUT2D eigenvalue weighted by molar-refractivity contribution is 5.92. The molecule has 6 heteroatoms. The van der Waals surface area contributed by atoms with Gasteiger partial charge in [-0.1, -0.05) is 0 Å². The number of benzene rings is 1. The molecule has 0 aliphatic rings. The first-order valence-corrected chi connectivity index (χ1v) is 5.06. The number of rotatable bonds is 3. The third kappa shape index (κ3) is 2.67. The van der Waals surface area contributed by atoms with Crippen LogP contribution in [-0.2, 0) is 0 Å². The molecule has 0 saturated heterocycles. The number of hydrogen-bond acceptors (Lipinski definition) is 5. The van der Waals surface area contributed by atoms with Crippen molar-refractivity contribution in [1.29, 1.82) is 0 Å². The molecule has 0 spiro atoms. The van der Waals surface area contributed by atoms with Crippen LogP contribution in [-0.4, -0.2) is 22.3 Å². The van der Waals surface area contributed by atoms with E-state index >= 15 is 0 Å². The molecule has 18 heavy (non-hydrogen) atoms. The Hall–Kier alpha value is -2.76. The number of phenolic OH excluding ortho intramolecular Hbond substituents is 2. The minimum absolute atomic E-state index is 0.00777. The van der Waals surface area contributed by atoms with Gasteiger partial charge in [0.2, 0.25) is 0 Å². The van der Waals surface area contributed by atoms with Gasteiger partial charge in [-0.05, 0) is 30.3 Å². The number of carbonyl (C=O) groups is 1. The van der Waals surface area contributed by atoms with E-state index < -0.39 is 5.91 Å². The van der Waals surface area contributed by atoms with Crippen molar-refractivity contribution in [3.63, 3.8) is 0 Å². The van der Waals surface area contributed by atoms with Crippen molar-refractivity contribution in [3.8, 4) is 11.5 Å². The standard InChI is InChI=1S/C12H10N2O4/c15-9-3-4-10(16)8(6-9)7-13-14-12(17)11-2-1-5-18-11/h1-7,15-16H,(H,14,17)/b13-7+. The number of carbonyl (C=O) groups excluding carboxylic acids is 1. The number of amides is 1. The van der Waals surface area contributed by atoms with Crippen LogP contribution in [0.2, 0.25) is 0 Å². The molecule has 0 radical (unpaired) electrons. The van der Waals surface area contributed by atoms with Crippen molar-refractivity contribution >= 4 is 12.1 Å². The summed E-state index contributed by atoms with van der Waals surface area (Å²) in [7, 11) is 0. The molecule has 0 atom stereocenters. The lowest BCUT2D eigenvalue weighted by atomic mass is 10.2. The molecule has 0 unspecified atom stereocenters. The summed E-state index contributed by atoms with van der Waals surface area (Å²) in [5, 5.41) is 22.3. The highest BCUT2D eigenvalue weighted by atomic mass is 16.3. The second-order valence-electron chi connectivity index (χ2n) is 3.42. The summed E-state index contributed by atoms with van der Waals surface area (Å²) in [5.74, 6) is -0.432. The average molecular weight is 246 g/mol. The maximum atomic E-state index is 11.4. The average Bonchev–Trinajstić information content (AvgIpc) is 2.87. The van der Waals surface area contributed by atoms with Crippen LogP contribution in [0.15, 0.2) is 46.1 Å². The molecule has 0 aliphatic heterocycles. The zero-order valence-corrected chi connectivity index (χ0v) is 9.20. The highest BCUT2D eigenvalue weighted by Gasteiger charge is 2.06. The summed E-state index contributed by atoms with van der Waals surface area (Å²) in [6, 6.07) is 7.06. The van der Waals surface area contributed by atoms with Gasteiger partial charge in [-0.15, -0.1) is 0 Å². The van der Waals surface area contributed by atoms with Gasteiger partial charge in [0.05, 0.1) is 12.5 Å². The zero-order chi connectivity index (χ0) is 13.0. The minimum atomic E-state index is -0.504. The fourth-order valence-corrected chi connectivity index (χ4v) is 1.27. The van der Waals surface area contributed by atoms with Gasteiger partial charge < -0.3 is 14.6 Å². The van der Waals surface area contributed by atoms with Gasteiger partial charge in [0.15, 0.2) is 5.76 Å². The molecule has 6 nitrogen and oxygen atoms in total. The Labute approximate surface area is 102 Å². The van der Waals surface area contributed by atoms with Gasteiger partial charge in [-0.25, -0.2) is 5.43 Å². The number of aromatic hydroxyl groups is 2. The monoisotopic (exact) mass is 246 g/mol. The lowest BCUT2D eigenvalue weighted by molar-refractivity contribution is 0.0927. The molecule has 2 aromatic rings. The van der Waals surface area contributed by atoms with Crippen LogP contribution >= 0.6 is 0 Å². The molecule has 0 aliphatic carbocycles. The molecule has 0 saturated carbocycles. The van der Waals surface area contributed by atoms with Crippen LogP contribution in [0.5, 0.6) is 11.5 Å². The Morgan fingerprint density at radius 3 is 2.89 bits per heavy atom. The predicted molar refractivity (Wildman–Crippen MR) is 63.5 cm³/mol. The molecule has 1 heterocycles. The van der Waals surface area contributed by atoms with Crippen LogP contribution in [0.1, 0.15) is 16.1 Å². The molecule has 92 valence electrons. The second kappa shape index (κ2) is 5.05. The number of phenols is 2. The van der Waals surface area contributed by atoms with E-state index in [0.717, 1.165) is 0 Å². The number of hydrogen-bond donors (Lipinski definition) is 3. The summed E-state index contributed by atoms with van der Waals surface area (Å²) in [6.07, 6.45) is 2.59. The Bertz CT molecular complexity index is 576. The maximum Gasteiger partial charge on any atom is 0.307 e. The number of nitrogens with zero attached hydrogens (tertiary/aromatic N) is 1. The Morgan fingerprint density at radius 1 is 1.33 bits per heavy atom. The van der Waals surface area contributed by atoms with Crippen LogP contribution in [0, 0.1) is 0 Å². The van der Waals surface area contributed by atoms with E-state index in [0.29, 0.717) is 0 Å². The third-order valence-electron chi connectivity index (χ3n) is 2.13. The van der Waals surface area contributed by atoms with Gasteiger partial charge in [-0.3, -0.25) is 4.79 Å². The number of hydrazone groups is 1. The lowest BCUT2D eigenvalue weighted by Crippen LogP contribution is -2.16. The maximum absolute atomic E-state index is 11.4. The summed E-state index contributed by atoms with van der Waals surface area (Å²) < 4.78 is 4.87. The SMILES string of the molecule is O=C(N/N=C/c1cc(O)ccc1O)c1ccco1. The predicted octanol–water partition coefficient (Wildman–Crippen LogP) is 1.45. The van der Waals surface area contributed by atoms with E-state index in [1.807, 2.05) is 0 Å². The Morgan fingerprint density at radius 2 is 2.17 bits per heavy atom. The summed E-state index contributed by atoms with van der Waals surface area (Å²) in [5.41, 5.74) is 2.51. The van der Waals surface area contributed by atoms with Gasteiger partial charge in [0.25, 0.3) is 0 Å². The van der Waals surface area contributed by atoms with E-state index in [-0.39, 0.29) is 22.8 Å². The number of furan rings is 1. The van der Waals surface area contributed by atoms with Crippen LogP contribution in [0.3, 0.4) is 0 Å². The minimum Gasteiger partial charge on any atom is -0.508 e. The smallest absolute Gasteiger partial charge is 0.307 e. The summed E-state index contributed by atoms with van der Waals surface area (Å²) >= 11 is 0. The molecule has 0 bridgehead atoms. The number of nitrogens with one attached hydrogen (secondary N) is 1. The first-order chi connectivity index (χ1) is 8.66. The molecular weight excluding hydrogens is 236 g/mol. The van der Waals surface area contributed by atoms with E-state index in [1.165, 1.54) is 36.7 Å². The molecule has 3 N–H and O–H groups in total. The van der Waals surface area contributed by atoms with Crippen LogP contribution in [0.25, 0.3) is 0 Å². The fraction of sp³-hybridized carbons (Fsp3) is 0. The van der Waals surface area contributed by atoms with E-state index in [2.05, 4.69) is 10.5 Å². The van der Waals surface area contributed by atoms with Crippen molar-refractivity contribution in [3.05, 3.63) is 47.9 Å². The molecular formula is C12H10N2O4. The van der Waals surface area contributed by atoms with Crippen molar-refractivity contribution in [2.45, 2.75) is 0 Å². The van der Waals surface area contributed by atoms with E-state index in [9.17, 15) is 15.0 Å². The Balaban J connectivity index is 2.03. The van der Waals surface area contributed by atoms with Crippen molar-refractivity contribution < 1.29 is 19.4 Å². The van der Waals surface area contributed by atoms with E-state index in [4.69, 9.17) is 4.42 Å². The summed E-state index contributed by atoms with van der Waals surface area (Å²) in [6.45, 7) is 0. The second-order valence-corrected chi connectivity index (χ2v) is 3.42. The molecule has 1 aromatic heterocycles. The van der Waals surface area contributed by atoms with Gasteiger partial charge >= 0.3 is 5.91 Å². The van der Waals surface area contributed by atoms with Crippen LogP contribution < -0.4 is 5.43 Å². The Kier molecular flexibility index (Phi) is 3.29. The van der Waals surface area contributed by atoms with Crippen molar-refractivity contribution in [2.24, 2.45) is 5.10 Å². The topological polar surface area (TPSA) is 95.1 Å². The van der Waals surface area contributed by atoms with E-state index in [1.54, 1.807) is 6.07 Å². The van der Waals surface area contributed by atoms with Gasteiger partial charge in [0, 0.05) is 5.56 Å². The zero-order valence-electron chi connectivity index (χ0n) is 9.20. The fourth-order valence-electron chi connectivity index (χ4n) is 1.27.